The summed E-state index contributed by atoms with van der Waals surface area (Å²) in [5.41, 5.74) is 6.76. The van der Waals surface area contributed by atoms with Crippen molar-refractivity contribution in [3.8, 4) is 11.1 Å². The van der Waals surface area contributed by atoms with Crippen LogP contribution in [0.25, 0.3) is 22.0 Å². The van der Waals surface area contributed by atoms with E-state index < -0.39 is 0 Å². The number of carbonyl (C=O) groups excluding carboxylic acids is 1. The second-order valence-corrected chi connectivity index (χ2v) is 9.74. The Morgan fingerprint density at radius 2 is 1.79 bits per heavy atom. The second kappa shape index (κ2) is 9.32. The molecule has 6 heteroatoms. The van der Waals surface area contributed by atoms with Gasteiger partial charge < -0.3 is 0 Å². The van der Waals surface area contributed by atoms with Gasteiger partial charge in [-0.2, -0.15) is 5.10 Å². The van der Waals surface area contributed by atoms with E-state index in [9.17, 15) is 4.79 Å². The Morgan fingerprint density at radius 1 is 1.06 bits per heavy atom. The molecular formula is C28H23BrClN3O. The van der Waals surface area contributed by atoms with Crippen LogP contribution in [0.5, 0.6) is 0 Å². The van der Waals surface area contributed by atoms with E-state index >= 15 is 0 Å². The number of hydrazone groups is 1. The molecule has 1 amide bonds. The van der Waals surface area contributed by atoms with E-state index in [0.717, 1.165) is 49.0 Å². The van der Waals surface area contributed by atoms with Crippen LogP contribution in [-0.2, 0) is 4.79 Å². The van der Waals surface area contributed by atoms with Crippen LogP contribution >= 0.6 is 27.5 Å². The number of hydrogen-bond donors (Lipinski definition) is 0. The number of rotatable bonds is 4. The Morgan fingerprint density at radius 3 is 2.50 bits per heavy atom. The van der Waals surface area contributed by atoms with Crippen molar-refractivity contribution < 1.29 is 4.79 Å². The molecule has 0 saturated heterocycles. The molecule has 0 aliphatic carbocycles. The van der Waals surface area contributed by atoms with Crippen LogP contribution in [0, 0.1) is 6.92 Å². The first-order valence-electron chi connectivity index (χ1n) is 11.3. The van der Waals surface area contributed by atoms with Gasteiger partial charge >= 0.3 is 0 Å². The van der Waals surface area contributed by atoms with Crippen molar-refractivity contribution in [1.82, 2.24) is 9.99 Å². The fourth-order valence-electron chi connectivity index (χ4n) is 4.61. The molecule has 2 heterocycles. The number of carbonyl (C=O) groups is 1. The van der Waals surface area contributed by atoms with Crippen LogP contribution < -0.4 is 0 Å². The zero-order valence-corrected chi connectivity index (χ0v) is 21.3. The first kappa shape index (κ1) is 22.8. The lowest BCUT2D eigenvalue weighted by Gasteiger charge is -2.21. The van der Waals surface area contributed by atoms with Gasteiger partial charge in [0.1, 0.15) is 0 Å². The molecule has 0 saturated carbocycles. The summed E-state index contributed by atoms with van der Waals surface area (Å²) in [7, 11) is 0. The number of fused-ring (bicyclic) bond motifs is 1. The lowest BCUT2D eigenvalue weighted by Crippen LogP contribution is -2.26. The molecule has 170 valence electrons. The van der Waals surface area contributed by atoms with E-state index in [1.165, 1.54) is 0 Å². The van der Waals surface area contributed by atoms with Gasteiger partial charge in [0.05, 0.1) is 17.3 Å². The molecule has 4 aromatic rings. The number of halogens is 2. The Balaban J connectivity index is 1.73. The lowest BCUT2D eigenvalue weighted by molar-refractivity contribution is -0.132. The maximum atomic E-state index is 12.9. The van der Waals surface area contributed by atoms with Gasteiger partial charge in [-0.25, -0.2) is 5.01 Å². The zero-order valence-electron chi connectivity index (χ0n) is 18.9. The highest BCUT2D eigenvalue weighted by molar-refractivity contribution is 9.10. The SMILES string of the molecule is CCC(=O)N1N=C(c2c(C)nc3ccc(Cl)cc3c2-c2ccccc2)C[C@@H]1c1ccc(Br)cc1. The Labute approximate surface area is 212 Å². The van der Waals surface area contributed by atoms with Crippen LogP contribution in [0.3, 0.4) is 0 Å². The molecule has 3 aromatic carbocycles. The molecule has 1 aliphatic heterocycles. The van der Waals surface area contributed by atoms with Crippen molar-refractivity contribution in [3.63, 3.8) is 0 Å². The molecule has 0 N–H and O–H groups in total. The quantitative estimate of drug-likeness (QED) is 0.270. The molecule has 0 spiro atoms. The summed E-state index contributed by atoms with van der Waals surface area (Å²) in [4.78, 5) is 17.8. The summed E-state index contributed by atoms with van der Waals surface area (Å²) in [5.74, 6) is -0.00127. The van der Waals surface area contributed by atoms with E-state index in [2.05, 4.69) is 28.1 Å². The van der Waals surface area contributed by atoms with Gasteiger partial charge in [0.25, 0.3) is 0 Å². The Bertz CT molecular complexity index is 1420. The van der Waals surface area contributed by atoms with E-state index in [1.54, 1.807) is 5.01 Å². The highest BCUT2D eigenvalue weighted by Gasteiger charge is 2.34. The van der Waals surface area contributed by atoms with Crippen LogP contribution in [0.1, 0.15) is 42.6 Å². The summed E-state index contributed by atoms with van der Waals surface area (Å²) in [6.07, 6.45) is 1.00. The molecular weight excluding hydrogens is 510 g/mol. The molecule has 1 aliphatic rings. The number of amides is 1. The molecule has 4 nitrogen and oxygen atoms in total. The van der Waals surface area contributed by atoms with Gasteiger partial charge in [-0.3, -0.25) is 9.78 Å². The first-order chi connectivity index (χ1) is 16.5. The molecule has 34 heavy (non-hydrogen) atoms. The summed E-state index contributed by atoms with van der Waals surface area (Å²) >= 11 is 9.92. The minimum atomic E-state index is -0.159. The molecule has 5 rings (SSSR count). The molecule has 1 atom stereocenters. The topological polar surface area (TPSA) is 45.6 Å². The van der Waals surface area contributed by atoms with Gasteiger partial charge in [-0.1, -0.05) is 76.9 Å². The van der Waals surface area contributed by atoms with Crippen molar-refractivity contribution in [2.75, 3.05) is 0 Å². The van der Waals surface area contributed by atoms with Crippen molar-refractivity contribution in [1.29, 1.82) is 0 Å². The van der Waals surface area contributed by atoms with Gasteiger partial charge in [-0.05, 0) is 48.4 Å². The van der Waals surface area contributed by atoms with Crippen molar-refractivity contribution in [2.45, 2.75) is 32.7 Å². The monoisotopic (exact) mass is 531 g/mol. The lowest BCUT2D eigenvalue weighted by atomic mass is 9.89. The molecule has 0 radical (unpaired) electrons. The van der Waals surface area contributed by atoms with Crippen LogP contribution in [0.4, 0.5) is 0 Å². The maximum Gasteiger partial charge on any atom is 0.242 e. The summed E-state index contributed by atoms with van der Waals surface area (Å²) in [5, 5.41) is 8.18. The summed E-state index contributed by atoms with van der Waals surface area (Å²) in [6.45, 7) is 3.88. The van der Waals surface area contributed by atoms with Gasteiger partial charge in [0.2, 0.25) is 5.91 Å². The highest BCUT2D eigenvalue weighted by atomic mass is 79.9. The zero-order chi connectivity index (χ0) is 23.8. The third-order valence-corrected chi connectivity index (χ3v) is 6.97. The Hall–Kier alpha value is -3.02. The average molecular weight is 533 g/mol. The van der Waals surface area contributed by atoms with E-state index in [-0.39, 0.29) is 11.9 Å². The largest absolute Gasteiger partial charge is 0.273 e. The van der Waals surface area contributed by atoms with Crippen LogP contribution in [0.2, 0.25) is 5.02 Å². The smallest absolute Gasteiger partial charge is 0.242 e. The molecule has 0 unspecified atom stereocenters. The third-order valence-electron chi connectivity index (χ3n) is 6.20. The summed E-state index contributed by atoms with van der Waals surface area (Å²) in [6, 6.07) is 24.0. The van der Waals surface area contributed by atoms with Crippen molar-refractivity contribution >= 4 is 50.1 Å². The van der Waals surface area contributed by atoms with Crippen molar-refractivity contribution in [2.24, 2.45) is 5.10 Å². The van der Waals surface area contributed by atoms with Crippen LogP contribution in [0.15, 0.2) is 82.4 Å². The number of pyridine rings is 1. The molecule has 0 bridgehead atoms. The third kappa shape index (κ3) is 4.15. The number of aromatic nitrogens is 1. The molecule has 1 aromatic heterocycles. The fraction of sp³-hybridized carbons (Fsp3) is 0.179. The van der Waals surface area contributed by atoms with Gasteiger partial charge in [-0.15, -0.1) is 0 Å². The minimum Gasteiger partial charge on any atom is -0.273 e. The maximum absolute atomic E-state index is 12.9. The number of benzene rings is 3. The standard InChI is InChI=1S/C28H23BrClN3O/c1-3-26(34)33-25(18-9-11-20(29)12-10-18)16-24(32-33)27-17(2)31-23-14-13-21(30)15-22(23)28(27)19-7-5-4-6-8-19/h4-15,25H,3,16H2,1-2H3/t25-/m1/s1. The summed E-state index contributed by atoms with van der Waals surface area (Å²) < 4.78 is 1.00. The van der Waals surface area contributed by atoms with E-state index in [0.29, 0.717) is 17.9 Å². The van der Waals surface area contributed by atoms with Gasteiger partial charge in [0.15, 0.2) is 0 Å². The van der Waals surface area contributed by atoms with E-state index in [4.69, 9.17) is 21.7 Å². The predicted molar refractivity (Wildman–Crippen MR) is 142 cm³/mol. The average Bonchev–Trinajstić information content (AvgIpc) is 3.29. The first-order valence-corrected chi connectivity index (χ1v) is 12.4. The predicted octanol–water partition coefficient (Wildman–Crippen LogP) is 7.71. The van der Waals surface area contributed by atoms with E-state index in [1.807, 2.05) is 74.5 Å². The van der Waals surface area contributed by atoms with Gasteiger partial charge in [0, 0.05) is 44.5 Å². The fourth-order valence-corrected chi connectivity index (χ4v) is 5.05. The molecule has 0 fully saturated rings. The van der Waals surface area contributed by atoms with Crippen molar-refractivity contribution in [3.05, 3.63) is 99.1 Å². The van der Waals surface area contributed by atoms with Crippen LogP contribution in [-0.4, -0.2) is 21.6 Å². The Kier molecular flexibility index (Phi) is 6.24. The highest BCUT2D eigenvalue weighted by Crippen LogP contribution is 2.40. The number of nitrogens with zero attached hydrogens (tertiary/aromatic N) is 3. The second-order valence-electron chi connectivity index (χ2n) is 8.38. The minimum absolute atomic E-state index is 0.00127. The number of aryl methyl sites for hydroxylation is 1. The number of hydrogen-bond acceptors (Lipinski definition) is 3. The normalized spacial score (nSPS) is 15.6.